The van der Waals surface area contributed by atoms with E-state index in [1.165, 1.54) is 33.3 Å². The van der Waals surface area contributed by atoms with Gasteiger partial charge in [0.1, 0.15) is 47.6 Å². The fraction of sp³-hybridized carbons (Fsp3) is 0.444. The summed E-state index contributed by atoms with van der Waals surface area (Å²) in [7, 11) is 3.06. The monoisotopic (exact) mass is 884 g/mol. The molecule has 5 aromatic rings. The maximum atomic E-state index is 17.7. The quantitative estimate of drug-likeness (QED) is 0.113. The summed E-state index contributed by atoms with van der Waals surface area (Å²) in [4.78, 5) is 18.4. The van der Waals surface area contributed by atoms with Crippen LogP contribution < -0.4 is 24.0 Å². The van der Waals surface area contributed by atoms with Crippen LogP contribution in [0.25, 0.3) is 22.2 Å². The Morgan fingerprint density at radius 1 is 0.968 bits per heavy atom. The highest BCUT2D eigenvalue weighted by molar-refractivity contribution is 6.34. The molecule has 5 heterocycles. The molecule has 1 aliphatic carbocycles. The van der Waals surface area contributed by atoms with Crippen LogP contribution in [0.1, 0.15) is 44.3 Å². The molecule has 10 nitrogen and oxygen atoms in total. The van der Waals surface area contributed by atoms with Crippen LogP contribution in [0.4, 0.5) is 38.0 Å². The number of benzene rings is 3. The third-order valence-corrected chi connectivity index (χ3v) is 12.6. The molecule has 9 rings (SSSR count). The van der Waals surface area contributed by atoms with Gasteiger partial charge in [-0.3, -0.25) is 4.90 Å². The van der Waals surface area contributed by atoms with Crippen LogP contribution in [0, 0.1) is 18.7 Å². The van der Waals surface area contributed by atoms with Gasteiger partial charge in [0.2, 0.25) is 0 Å². The molecule has 328 valence electrons. The Hall–Kier alpha value is -5.06. The zero-order valence-corrected chi connectivity index (χ0v) is 34.9. The second-order valence-corrected chi connectivity index (χ2v) is 16.7. The summed E-state index contributed by atoms with van der Waals surface area (Å²) in [6.45, 7) is -0.237. The normalized spacial score (nSPS) is 24.3. The largest absolute Gasteiger partial charge is 0.497 e. The first kappa shape index (κ1) is 39.8. The summed E-state index contributed by atoms with van der Waals surface area (Å²) in [5.41, 5.74) is -3.43. The predicted molar refractivity (Wildman–Crippen MR) is 222 cm³/mol. The number of anilines is 2. The lowest BCUT2D eigenvalue weighted by atomic mass is 9.95. The van der Waals surface area contributed by atoms with Crippen molar-refractivity contribution < 1.29 is 48.0 Å². The minimum Gasteiger partial charge on any atom is -0.497 e. The second-order valence-electron chi connectivity index (χ2n) is 16.3. The average Bonchev–Trinajstić information content (AvgIpc) is 3.61. The lowest BCUT2D eigenvalue weighted by Gasteiger charge is -2.31. The summed E-state index contributed by atoms with van der Waals surface area (Å²) >= 11 is 6.90. The molecule has 1 saturated carbocycles. The maximum Gasteiger partial charge on any atom is 0.418 e. The number of aryl methyl sites for hydroxylation is 1. The molecule has 62 heavy (non-hydrogen) atoms. The van der Waals surface area contributed by atoms with E-state index in [1.807, 2.05) is 24.3 Å². The van der Waals surface area contributed by atoms with E-state index in [2.05, 4.69) is 15.0 Å². The van der Waals surface area contributed by atoms with Crippen LogP contribution in [0.5, 0.6) is 17.5 Å². The van der Waals surface area contributed by atoms with Gasteiger partial charge in [0.05, 0.1) is 63.6 Å². The molecule has 0 amide bonds. The van der Waals surface area contributed by atoms with E-state index in [1.54, 1.807) is 39.0 Å². The van der Waals surface area contributed by atoms with Crippen LogP contribution in [0.3, 0.4) is 0 Å². The van der Waals surface area contributed by atoms with Crippen molar-refractivity contribution in [3.05, 3.63) is 93.8 Å². The smallest absolute Gasteiger partial charge is 0.418 e. The Labute approximate surface area is 362 Å². The van der Waals surface area contributed by atoms with Crippen molar-refractivity contribution in [1.29, 1.82) is 0 Å². The number of halogens is 7. The van der Waals surface area contributed by atoms with Crippen LogP contribution >= 0.6 is 11.6 Å². The van der Waals surface area contributed by atoms with E-state index in [-0.39, 0.29) is 74.8 Å². The molecular weight excluding hydrogens is 838 g/mol. The molecule has 0 spiro atoms. The number of alkyl halides is 5. The topological polar surface area (TPSA) is 85.3 Å². The highest BCUT2D eigenvalue weighted by Gasteiger charge is 2.57. The number of ether oxygens (including phenoxy) is 4. The fourth-order valence-corrected chi connectivity index (χ4v) is 9.49. The van der Waals surface area contributed by atoms with Crippen molar-refractivity contribution in [2.45, 2.75) is 69.4 Å². The SMILES string of the molecule is [2H]C([2H])(Oc1nc(N2CCOC[C@H]3[C@H](F)[C@H]32)c2cc(Cl)c(-c3nc(N(Cc4ccc(OC)cc4)Cc4ccc(OC)cc4)cc(C)c3C(F)(F)F)c(F)c2n1)[C@@]12CCCN1C[C@H](F)C2. The van der Waals surface area contributed by atoms with Crippen LogP contribution in [-0.4, -0.2) is 97.4 Å². The lowest BCUT2D eigenvalue weighted by molar-refractivity contribution is -0.137. The number of aromatic nitrogens is 3. The summed E-state index contributed by atoms with van der Waals surface area (Å²) in [5.74, 6) is -0.650. The highest BCUT2D eigenvalue weighted by Crippen LogP contribution is 2.48. The molecule has 0 unspecified atom stereocenters. The Balaban J connectivity index is 1.21. The van der Waals surface area contributed by atoms with E-state index in [0.29, 0.717) is 24.5 Å². The highest BCUT2D eigenvalue weighted by atomic mass is 35.5. The number of rotatable bonds is 12. The first-order valence-electron chi connectivity index (χ1n) is 21.4. The number of hydrogen-bond donors (Lipinski definition) is 0. The lowest BCUT2D eigenvalue weighted by Crippen LogP contribution is -2.43. The van der Waals surface area contributed by atoms with Crippen molar-refractivity contribution in [1.82, 2.24) is 19.9 Å². The van der Waals surface area contributed by atoms with Gasteiger partial charge in [0.15, 0.2) is 5.82 Å². The summed E-state index contributed by atoms with van der Waals surface area (Å²) < 4.78 is 134. The number of pyridine rings is 1. The van der Waals surface area contributed by atoms with E-state index < -0.39 is 81.8 Å². The molecule has 3 saturated heterocycles. The van der Waals surface area contributed by atoms with Crippen molar-refractivity contribution in [3.63, 3.8) is 0 Å². The third-order valence-electron chi connectivity index (χ3n) is 12.3. The second kappa shape index (κ2) is 16.6. The van der Waals surface area contributed by atoms with Crippen molar-refractivity contribution in [2.24, 2.45) is 5.92 Å². The van der Waals surface area contributed by atoms with Gasteiger partial charge in [-0.2, -0.15) is 23.1 Å². The van der Waals surface area contributed by atoms with E-state index >= 15 is 22.0 Å². The van der Waals surface area contributed by atoms with Crippen LogP contribution in [-0.2, 0) is 24.0 Å². The van der Waals surface area contributed by atoms with E-state index in [9.17, 15) is 4.39 Å². The van der Waals surface area contributed by atoms with Gasteiger partial charge in [-0.05, 0) is 79.4 Å². The van der Waals surface area contributed by atoms with Crippen LogP contribution in [0.15, 0.2) is 60.7 Å². The van der Waals surface area contributed by atoms with Gasteiger partial charge in [-0.1, -0.05) is 35.9 Å². The molecule has 4 fully saturated rings. The molecule has 0 bridgehead atoms. The third kappa shape index (κ3) is 7.93. The minimum absolute atomic E-state index is 0.00254. The molecule has 5 atom stereocenters. The average molecular weight is 885 g/mol. The standard InChI is InChI=1S/C45H45ClF6N6O4/c1-25-17-34(56(20-26-5-9-29(59-2)10-6-26)21-27-7-11-30(60-3)12-8-27)53-40(36(25)45(50,51)52)35-33(46)18-31-39(38(35)49)54-43(62-24-44-13-4-14-57(44)22-28(47)19-44)55-42(31)58-15-16-61-23-32-37(48)41(32)58/h5-12,17-18,28,32,37,41H,4,13-16,19-24H2,1-3H3/t28-,32+,37+,41+,44+/m1/s1/i24D2. The van der Waals surface area contributed by atoms with Gasteiger partial charge in [-0.15, -0.1) is 0 Å². The van der Waals surface area contributed by atoms with Gasteiger partial charge in [-0.25, -0.2) is 18.2 Å². The zero-order valence-electron chi connectivity index (χ0n) is 36.1. The number of fused-ring (bicyclic) bond motifs is 3. The number of hydrogen-bond acceptors (Lipinski definition) is 10. The zero-order chi connectivity index (χ0) is 45.3. The van der Waals surface area contributed by atoms with Gasteiger partial charge < -0.3 is 28.7 Å². The van der Waals surface area contributed by atoms with Crippen molar-refractivity contribution >= 4 is 34.1 Å². The molecular formula is C45H45ClF6N6O4. The molecule has 0 radical (unpaired) electrons. The molecule has 3 aliphatic heterocycles. The van der Waals surface area contributed by atoms with Gasteiger partial charge in [0, 0.05) is 43.9 Å². The van der Waals surface area contributed by atoms with E-state index in [4.69, 9.17) is 33.3 Å². The molecule has 3 aromatic carbocycles. The van der Waals surface area contributed by atoms with Gasteiger partial charge in [0.25, 0.3) is 0 Å². The minimum atomic E-state index is -5.04. The first-order chi connectivity index (χ1) is 30.5. The maximum absolute atomic E-state index is 17.7. The van der Waals surface area contributed by atoms with Crippen molar-refractivity contribution in [2.75, 3.05) is 63.4 Å². The molecule has 2 aromatic heterocycles. The molecule has 4 aliphatic rings. The summed E-state index contributed by atoms with van der Waals surface area (Å²) in [5, 5.41) is -0.535. The van der Waals surface area contributed by atoms with Gasteiger partial charge >= 0.3 is 12.2 Å². The Morgan fingerprint density at radius 2 is 1.65 bits per heavy atom. The molecule has 0 N–H and O–H groups in total. The number of nitrogens with zero attached hydrogens (tertiary/aromatic N) is 6. The first-order valence-corrected chi connectivity index (χ1v) is 20.8. The van der Waals surface area contributed by atoms with Crippen molar-refractivity contribution in [3.8, 4) is 28.8 Å². The Kier molecular flexibility index (Phi) is 10.6. The fourth-order valence-electron chi connectivity index (χ4n) is 9.20. The molecule has 17 heteroatoms. The summed E-state index contributed by atoms with van der Waals surface area (Å²) in [6.07, 6.45) is -7.02. The number of methoxy groups -OCH3 is 2. The Morgan fingerprint density at radius 3 is 2.29 bits per heavy atom. The summed E-state index contributed by atoms with van der Waals surface area (Å²) in [6, 6.07) is 15.4. The van der Waals surface area contributed by atoms with Crippen LogP contribution in [0.2, 0.25) is 5.02 Å². The predicted octanol–water partition coefficient (Wildman–Crippen LogP) is 9.16. The Bertz CT molecular complexity index is 2510. The van der Waals surface area contributed by atoms with E-state index in [0.717, 1.165) is 11.1 Å².